The molecule has 0 spiro atoms. The van der Waals surface area contributed by atoms with Crippen LogP contribution in [0.3, 0.4) is 0 Å². The van der Waals surface area contributed by atoms with Gasteiger partial charge in [0.15, 0.2) is 0 Å². The van der Waals surface area contributed by atoms with E-state index in [1.54, 1.807) is 0 Å². The van der Waals surface area contributed by atoms with Gasteiger partial charge in [-0.1, -0.05) is 25.8 Å². The molecule has 3 nitrogen and oxygen atoms in total. The van der Waals surface area contributed by atoms with Gasteiger partial charge >= 0.3 is 0 Å². The molecule has 2 rings (SSSR count). The van der Waals surface area contributed by atoms with Gasteiger partial charge in [-0.3, -0.25) is 0 Å². The Morgan fingerprint density at radius 3 is 3.13 bits per heavy atom. The summed E-state index contributed by atoms with van der Waals surface area (Å²) in [5.74, 6) is 0. The minimum absolute atomic E-state index is 0.116. The molecule has 0 fully saturated rings. The topological polar surface area (TPSA) is 43.3 Å². The van der Waals surface area contributed by atoms with Crippen molar-refractivity contribution in [2.75, 3.05) is 0 Å². The lowest BCUT2D eigenvalue weighted by atomic mass is 10.0. The third-order valence-electron chi connectivity index (χ3n) is 2.72. The Labute approximate surface area is 89.9 Å². The highest BCUT2D eigenvalue weighted by atomic mass is 15.2. The molecule has 0 aliphatic heterocycles. The smallest absolute Gasteiger partial charge is 0.0709 e. The molecule has 0 aromatic carbocycles. The first-order valence-corrected chi connectivity index (χ1v) is 5.50. The summed E-state index contributed by atoms with van der Waals surface area (Å²) in [6.07, 6.45) is 7.23. The van der Waals surface area contributed by atoms with Gasteiger partial charge in [-0.25, -0.2) is 4.52 Å². The van der Waals surface area contributed by atoms with Gasteiger partial charge in [-0.05, 0) is 18.6 Å². The molecular formula is C12H17N3. The van der Waals surface area contributed by atoms with E-state index in [1.807, 2.05) is 29.0 Å². The summed E-state index contributed by atoms with van der Waals surface area (Å²) in [5, 5.41) is 4.28. The predicted molar refractivity (Wildman–Crippen MR) is 61.6 cm³/mol. The van der Waals surface area contributed by atoms with Crippen molar-refractivity contribution in [3.05, 3.63) is 36.2 Å². The average Bonchev–Trinajstić information content (AvgIpc) is 2.69. The molecule has 3 heteroatoms. The van der Waals surface area contributed by atoms with Crippen LogP contribution in [0.2, 0.25) is 0 Å². The summed E-state index contributed by atoms with van der Waals surface area (Å²) in [6.45, 7) is 2.18. The highest BCUT2D eigenvalue weighted by Gasteiger charge is 2.10. The van der Waals surface area contributed by atoms with E-state index in [-0.39, 0.29) is 6.04 Å². The fourth-order valence-electron chi connectivity index (χ4n) is 1.82. The zero-order valence-corrected chi connectivity index (χ0v) is 9.06. The average molecular weight is 203 g/mol. The van der Waals surface area contributed by atoms with Crippen LogP contribution in [-0.2, 0) is 0 Å². The lowest BCUT2D eigenvalue weighted by Gasteiger charge is -2.08. The number of hydrogen-bond acceptors (Lipinski definition) is 2. The minimum atomic E-state index is 0.116. The standard InChI is InChI=1S/C12H17N3/c1-2-3-6-11(13)10-9-14-15-8-5-4-7-12(10)15/h4-5,7-9,11H,2-3,6,13H2,1H3. The second-order valence-electron chi connectivity index (χ2n) is 3.88. The molecule has 15 heavy (non-hydrogen) atoms. The predicted octanol–water partition coefficient (Wildman–Crippen LogP) is 2.52. The van der Waals surface area contributed by atoms with Crippen LogP contribution < -0.4 is 5.73 Å². The summed E-state index contributed by atoms with van der Waals surface area (Å²) in [6, 6.07) is 6.17. The first-order valence-electron chi connectivity index (χ1n) is 5.50. The van der Waals surface area contributed by atoms with Crippen molar-refractivity contribution in [3.63, 3.8) is 0 Å². The summed E-state index contributed by atoms with van der Waals surface area (Å²) >= 11 is 0. The van der Waals surface area contributed by atoms with E-state index in [0.717, 1.165) is 17.5 Å². The summed E-state index contributed by atoms with van der Waals surface area (Å²) < 4.78 is 1.88. The third-order valence-corrected chi connectivity index (χ3v) is 2.72. The number of unbranched alkanes of at least 4 members (excludes halogenated alkanes) is 1. The van der Waals surface area contributed by atoms with Crippen molar-refractivity contribution in [2.24, 2.45) is 5.73 Å². The number of hydrogen-bond donors (Lipinski definition) is 1. The second kappa shape index (κ2) is 4.45. The molecule has 2 aromatic heterocycles. The fraction of sp³-hybridized carbons (Fsp3) is 0.417. The molecule has 0 saturated carbocycles. The van der Waals surface area contributed by atoms with Crippen molar-refractivity contribution in [1.82, 2.24) is 9.61 Å². The van der Waals surface area contributed by atoms with Crippen molar-refractivity contribution in [1.29, 1.82) is 0 Å². The molecule has 0 amide bonds. The fourth-order valence-corrected chi connectivity index (χ4v) is 1.82. The number of rotatable bonds is 4. The van der Waals surface area contributed by atoms with E-state index in [0.29, 0.717) is 0 Å². The highest BCUT2D eigenvalue weighted by molar-refractivity contribution is 5.54. The van der Waals surface area contributed by atoms with Crippen molar-refractivity contribution < 1.29 is 0 Å². The Kier molecular flexibility index (Phi) is 3.02. The minimum Gasteiger partial charge on any atom is -0.324 e. The lowest BCUT2D eigenvalue weighted by Crippen LogP contribution is -2.09. The molecule has 1 atom stereocenters. The number of fused-ring (bicyclic) bond motifs is 1. The first kappa shape index (κ1) is 10.2. The van der Waals surface area contributed by atoms with Gasteiger partial charge in [0.05, 0.1) is 11.7 Å². The highest BCUT2D eigenvalue weighted by Crippen LogP contribution is 2.21. The van der Waals surface area contributed by atoms with Crippen LogP contribution >= 0.6 is 0 Å². The van der Waals surface area contributed by atoms with Gasteiger partial charge in [0.25, 0.3) is 0 Å². The lowest BCUT2D eigenvalue weighted by molar-refractivity contribution is 0.606. The van der Waals surface area contributed by atoms with E-state index in [9.17, 15) is 0 Å². The van der Waals surface area contributed by atoms with Gasteiger partial charge in [-0.15, -0.1) is 0 Å². The first-order chi connectivity index (χ1) is 7.33. The van der Waals surface area contributed by atoms with Crippen LogP contribution in [0.25, 0.3) is 5.52 Å². The van der Waals surface area contributed by atoms with E-state index >= 15 is 0 Å². The molecule has 0 bridgehead atoms. The molecule has 0 radical (unpaired) electrons. The maximum atomic E-state index is 6.14. The van der Waals surface area contributed by atoms with Gasteiger partial charge < -0.3 is 5.73 Å². The largest absolute Gasteiger partial charge is 0.324 e. The van der Waals surface area contributed by atoms with Crippen LogP contribution in [0.1, 0.15) is 37.8 Å². The molecular weight excluding hydrogens is 186 g/mol. The van der Waals surface area contributed by atoms with E-state index < -0.39 is 0 Å². The van der Waals surface area contributed by atoms with Gasteiger partial charge in [0.2, 0.25) is 0 Å². The molecule has 0 aliphatic rings. The zero-order valence-electron chi connectivity index (χ0n) is 9.06. The Morgan fingerprint density at radius 1 is 1.47 bits per heavy atom. The zero-order chi connectivity index (χ0) is 10.7. The maximum absolute atomic E-state index is 6.14. The summed E-state index contributed by atoms with van der Waals surface area (Å²) in [5.41, 5.74) is 8.42. The molecule has 2 N–H and O–H groups in total. The normalized spacial score (nSPS) is 13.2. The van der Waals surface area contributed by atoms with Crippen molar-refractivity contribution in [2.45, 2.75) is 32.2 Å². The molecule has 0 aliphatic carbocycles. The molecule has 0 saturated heterocycles. The van der Waals surface area contributed by atoms with Crippen LogP contribution in [0.5, 0.6) is 0 Å². The number of aromatic nitrogens is 2. The molecule has 1 unspecified atom stereocenters. The Hall–Kier alpha value is -1.35. The van der Waals surface area contributed by atoms with Crippen LogP contribution in [0.4, 0.5) is 0 Å². The van der Waals surface area contributed by atoms with Gasteiger partial charge in [0.1, 0.15) is 0 Å². The van der Waals surface area contributed by atoms with Crippen LogP contribution in [-0.4, -0.2) is 9.61 Å². The third kappa shape index (κ3) is 2.02. The van der Waals surface area contributed by atoms with E-state index in [1.165, 1.54) is 12.8 Å². The van der Waals surface area contributed by atoms with Crippen molar-refractivity contribution in [3.8, 4) is 0 Å². The second-order valence-corrected chi connectivity index (χ2v) is 3.88. The Balaban J connectivity index is 2.27. The van der Waals surface area contributed by atoms with Gasteiger partial charge in [0, 0.05) is 17.8 Å². The van der Waals surface area contributed by atoms with E-state index in [2.05, 4.69) is 18.1 Å². The summed E-state index contributed by atoms with van der Waals surface area (Å²) in [7, 11) is 0. The Morgan fingerprint density at radius 2 is 2.33 bits per heavy atom. The molecule has 2 heterocycles. The number of nitrogens with two attached hydrogens (primary N) is 1. The van der Waals surface area contributed by atoms with Gasteiger partial charge in [-0.2, -0.15) is 5.10 Å². The Bertz CT molecular complexity index is 433. The maximum Gasteiger partial charge on any atom is 0.0709 e. The SMILES string of the molecule is CCCCC(N)c1cnn2ccccc12. The van der Waals surface area contributed by atoms with Crippen LogP contribution in [0, 0.1) is 0 Å². The van der Waals surface area contributed by atoms with Crippen molar-refractivity contribution >= 4 is 5.52 Å². The molecule has 80 valence electrons. The quantitative estimate of drug-likeness (QED) is 0.829. The molecule has 2 aromatic rings. The number of nitrogens with zero attached hydrogens (tertiary/aromatic N) is 2. The van der Waals surface area contributed by atoms with E-state index in [4.69, 9.17) is 5.73 Å². The summed E-state index contributed by atoms with van der Waals surface area (Å²) in [4.78, 5) is 0. The van der Waals surface area contributed by atoms with Crippen LogP contribution in [0.15, 0.2) is 30.6 Å². The monoisotopic (exact) mass is 203 g/mol. The number of pyridine rings is 1.